The first-order chi connectivity index (χ1) is 13.6. The van der Waals surface area contributed by atoms with Crippen LogP contribution in [0.1, 0.15) is 68.1 Å². The van der Waals surface area contributed by atoms with Crippen molar-refractivity contribution in [2.24, 2.45) is 11.8 Å². The Hall–Kier alpha value is -1.40. The standard InChI is InChI=1S/C22H32N2O3S/c25-22(23-16-13-18-7-3-4-8-20(18)17-23)19-9-11-21(12-10-19)28(26,27)24-14-5-1-2-6-15-24/h9-12,18,20H,1-8,13-17H2/t18-,20-/m1/s1. The van der Waals surface area contributed by atoms with Gasteiger partial charge in [0, 0.05) is 31.7 Å². The molecule has 0 aromatic heterocycles. The molecule has 2 aliphatic heterocycles. The van der Waals surface area contributed by atoms with E-state index in [4.69, 9.17) is 0 Å². The number of hydrogen-bond donors (Lipinski definition) is 0. The fraction of sp³-hybridized carbons (Fsp3) is 0.682. The second kappa shape index (κ2) is 8.54. The molecule has 0 unspecified atom stereocenters. The maximum absolute atomic E-state index is 12.9. The SMILES string of the molecule is O=C(c1ccc(S(=O)(=O)N2CCCCCC2)cc1)N1CC[C@H]2CCCC[C@@H]2C1. The number of nitrogens with zero attached hydrogens (tertiary/aromatic N) is 2. The predicted octanol–water partition coefficient (Wildman–Crippen LogP) is 3.90. The number of amides is 1. The van der Waals surface area contributed by atoms with Crippen molar-refractivity contribution in [3.05, 3.63) is 29.8 Å². The average molecular weight is 405 g/mol. The number of hydrogen-bond acceptors (Lipinski definition) is 3. The van der Waals surface area contributed by atoms with Crippen molar-refractivity contribution in [3.8, 4) is 0 Å². The quantitative estimate of drug-likeness (QED) is 0.768. The lowest BCUT2D eigenvalue weighted by Crippen LogP contribution is -2.44. The summed E-state index contributed by atoms with van der Waals surface area (Å²) in [6.45, 7) is 2.88. The Balaban J connectivity index is 1.44. The molecule has 5 nitrogen and oxygen atoms in total. The van der Waals surface area contributed by atoms with Gasteiger partial charge < -0.3 is 4.90 Å². The van der Waals surface area contributed by atoms with E-state index in [0.29, 0.717) is 29.5 Å². The number of carbonyl (C=O) groups excluding carboxylic acids is 1. The fourth-order valence-electron chi connectivity index (χ4n) is 5.17. The van der Waals surface area contributed by atoms with Gasteiger partial charge in [0.15, 0.2) is 0 Å². The first-order valence-corrected chi connectivity index (χ1v) is 12.4. The van der Waals surface area contributed by atoms with Crippen molar-refractivity contribution in [1.82, 2.24) is 9.21 Å². The van der Waals surface area contributed by atoms with Crippen molar-refractivity contribution in [3.63, 3.8) is 0 Å². The molecule has 28 heavy (non-hydrogen) atoms. The van der Waals surface area contributed by atoms with Gasteiger partial charge in [-0.1, -0.05) is 32.1 Å². The Labute approximate surface area is 169 Å². The molecular formula is C22H32N2O3S. The molecule has 1 aromatic rings. The van der Waals surface area contributed by atoms with Gasteiger partial charge in [-0.2, -0.15) is 4.31 Å². The van der Waals surface area contributed by atoms with Crippen LogP contribution in [0.4, 0.5) is 0 Å². The van der Waals surface area contributed by atoms with Gasteiger partial charge in [-0.3, -0.25) is 4.79 Å². The number of benzene rings is 1. The van der Waals surface area contributed by atoms with Crippen LogP contribution in [-0.4, -0.2) is 49.7 Å². The van der Waals surface area contributed by atoms with Gasteiger partial charge in [-0.25, -0.2) is 8.42 Å². The van der Waals surface area contributed by atoms with Gasteiger partial charge in [0.25, 0.3) is 5.91 Å². The Morgan fingerprint density at radius 2 is 1.43 bits per heavy atom. The van der Waals surface area contributed by atoms with Crippen LogP contribution in [-0.2, 0) is 10.0 Å². The molecule has 154 valence electrons. The largest absolute Gasteiger partial charge is 0.338 e. The second-order valence-electron chi connectivity index (χ2n) is 8.69. The Bertz CT molecular complexity index is 783. The van der Waals surface area contributed by atoms with Gasteiger partial charge in [-0.05, 0) is 61.8 Å². The highest BCUT2D eigenvalue weighted by molar-refractivity contribution is 7.89. The minimum atomic E-state index is -3.46. The zero-order valence-corrected chi connectivity index (χ0v) is 17.5. The molecule has 0 N–H and O–H groups in total. The first-order valence-electron chi connectivity index (χ1n) is 11.0. The van der Waals surface area contributed by atoms with E-state index in [0.717, 1.165) is 51.1 Å². The monoisotopic (exact) mass is 404 g/mol. The summed E-state index contributed by atoms with van der Waals surface area (Å²) >= 11 is 0. The summed E-state index contributed by atoms with van der Waals surface area (Å²) < 4.78 is 27.4. The van der Waals surface area contributed by atoms with E-state index in [-0.39, 0.29) is 5.91 Å². The van der Waals surface area contributed by atoms with Crippen molar-refractivity contribution < 1.29 is 13.2 Å². The van der Waals surface area contributed by atoms with E-state index >= 15 is 0 Å². The topological polar surface area (TPSA) is 57.7 Å². The Kier molecular flexibility index (Phi) is 6.07. The summed E-state index contributed by atoms with van der Waals surface area (Å²) in [6.07, 6.45) is 10.3. The van der Waals surface area contributed by atoms with Crippen LogP contribution in [0.15, 0.2) is 29.2 Å². The second-order valence-corrected chi connectivity index (χ2v) is 10.6. The van der Waals surface area contributed by atoms with Crippen molar-refractivity contribution in [1.29, 1.82) is 0 Å². The van der Waals surface area contributed by atoms with Gasteiger partial charge in [0.1, 0.15) is 0 Å². The lowest BCUT2D eigenvalue weighted by Gasteiger charge is -2.41. The van der Waals surface area contributed by atoms with Crippen LogP contribution < -0.4 is 0 Å². The maximum atomic E-state index is 12.9. The first kappa shape index (κ1) is 19.9. The molecule has 2 heterocycles. The molecule has 4 rings (SSSR count). The van der Waals surface area contributed by atoms with Crippen molar-refractivity contribution >= 4 is 15.9 Å². The smallest absolute Gasteiger partial charge is 0.253 e. The molecule has 0 bridgehead atoms. The lowest BCUT2D eigenvalue weighted by molar-refractivity contribution is 0.0521. The molecule has 1 aromatic carbocycles. The van der Waals surface area contributed by atoms with E-state index in [1.54, 1.807) is 28.6 Å². The summed E-state index contributed by atoms with van der Waals surface area (Å²) in [4.78, 5) is 15.2. The highest BCUT2D eigenvalue weighted by Crippen LogP contribution is 2.36. The highest BCUT2D eigenvalue weighted by atomic mass is 32.2. The van der Waals surface area contributed by atoms with E-state index < -0.39 is 10.0 Å². The Morgan fingerprint density at radius 1 is 0.786 bits per heavy atom. The minimum Gasteiger partial charge on any atom is -0.338 e. The van der Waals surface area contributed by atoms with Crippen LogP contribution in [0.3, 0.4) is 0 Å². The summed E-state index contributed by atoms with van der Waals surface area (Å²) in [7, 11) is -3.46. The summed E-state index contributed by atoms with van der Waals surface area (Å²) in [5.41, 5.74) is 0.601. The molecule has 1 saturated carbocycles. The number of fused-ring (bicyclic) bond motifs is 1. The van der Waals surface area contributed by atoms with E-state index in [2.05, 4.69) is 0 Å². The predicted molar refractivity (Wildman–Crippen MR) is 110 cm³/mol. The molecule has 1 aliphatic carbocycles. The molecule has 1 amide bonds. The van der Waals surface area contributed by atoms with E-state index in [9.17, 15) is 13.2 Å². The summed E-state index contributed by atoms with van der Waals surface area (Å²) in [5, 5.41) is 0. The number of rotatable bonds is 3. The van der Waals surface area contributed by atoms with Gasteiger partial charge in [0.2, 0.25) is 10.0 Å². The average Bonchev–Trinajstić information content (AvgIpc) is 3.03. The summed E-state index contributed by atoms with van der Waals surface area (Å²) in [6, 6.07) is 6.61. The lowest BCUT2D eigenvalue weighted by atomic mass is 9.75. The molecule has 3 fully saturated rings. The molecule has 0 radical (unpaired) electrons. The summed E-state index contributed by atoms with van der Waals surface area (Å²) in [5.74, 6) is 1.48. The molecular weight excluding hydrogens is 372 g/mol. The maximum Gasteiger partial charge on any atom is 0.253 e. The zero-order chi connectivity index (χ0) is 19.6. The van der Waals surface area contributed by atoms with Gasteiger partial charge >= 0.3 is 0 Å². The molecule has 2 atom stereocenters. The minimum absolute atomic E-state index is 0.0442. The van der Waals surface area contributed by atoms with Gasteiger partial charge in [-0.15, -0.1) is 0 Å². The molecule has 2 saturated heterocycles. The molecule has 6 heteroatoms. The number of carbonyl (C=O) groups is 1. The van der Waals surface area contributed by atoms with Crippen LogP contribution in [0.2, 0.25) is 0 Å². The van der Waals surface area contributed by atoms with Crippen LogP contribution >= 0.6 is 0 Å². The zero-order valence-electron chi connectivity index (χ0n) is 16.7. The molecule has 3 aliphatic rings. The van der Waals surface area contributed by atoms with Crippen molar-refractivity contribution in [2.75, 3.05) is 26.2 Å². The third kappa shape index (κ3) is 4.13. The fourth-order valence-corrected chi connectivity index (χ4v) is 6.69. The number of sulfonamides is 1. The number of likely N-dealkylation sites (tertiary alicyclic amines) is 1. The van der Waals surface area contributed by atoms with Gasteiger partial charge in [0.05, 0.1) is 4.90 Å². The van der Waals surface area contributed by atoms with Crippen LogP contribution in [0, 0.1) is 11.8 Å². The number of piperidine rings is 1. The normalized spacial score (nSPS) is 27.1. The van der Waals surface area contributed by atoms with Crippen LogP contribution in [0.5, 0.6) is 0 Å². The third-order valence-corrected chi connectivity index (χ3v) is 8.80. The van der Waals surface area contributed by atoms with Crippen LogP contribution in [0.25, 0.3) is 0 Å². The molecule has 0 spiro atoms. The third-order valence-electron chi connectivity index (χ3n) is 6.88. The van der Waals surface area contributed by atoms with E-state index in [1.165, 1.54) is 25.7 Å². The Morgan fingerprint density at radius 3 is 2.11 bits per heavy atom. The highest BCUT2D eigenvalue weighted by Gasteiger charge is 2.33. The van der Waals surface area contributed by atoms with E-state index in [1.807, 2.05) is 4.90 Å². The van der Waals surface area contributed by atoms with Crippen molar-refractivity contribution in [2.45, 2.75) is 62.7 Å².